The summed E-state index contributed by atoms with van der Waals surface area (Å²) in [4.78, 5) is 6.61. The van der Waals surface area contributed by atoms with Gasteiger partial charge >= 0.3 is 0 Å². The average molecular weight is 384 g/mol. The van der Waals surface area contributed by atoms with Crippen molar-refractivity contribution in [2.24, 2.45) is 4.99 Å². The summed E-state index contributed by atoms with van der Waals surface area (Å²) in [7, 11) is -1.45. The lowest BCUT2D eigenvalue weighted by molar-refractivity contribution is 0.219. The second-order valence-electron chi connectivity index (χ2n) is 5.83. The van der Waals surface area contributed by atoms with Crippen LogP contribution in [0.5, 0.6) is 0 Å². The summed E-state index contributed by atoms with van der Waals surface area (Å²) in [6.07, 6.45) is 0. The number of benzene rings is 1. The maximum atomic E-state index is 11.4. The topological polar surface area (TPSA) is 85.8 Å². The van der Waals surface area contributed by atoms with E-state index in [1.807, 2.05) is 6.07 Å². The molecule has 0 fully saturated rings. The van der Waals surface area contributed by atoms with Crippen LogP contribution in [0.25, 0.3) is 0 Å². The first-order valence-corrected chi connectivity index (χ1v) is 10.8. The summed E-state index contributed by atoms with van der Waals surface area (Å²) < 4.78 is 25.4. The lowest BCUT2D eigenvalue weighted by Gasteiger charge is -2.30. The SMILES string of the molecule is CCN(CC)C(CNC(=NC)NCCNS(=O)(=O)CC)c1ccccc1. The largest absolute Gasteiger partial charge is 0.355 e. The molecule has 0 radical (unpaired) electrons. The summed E-state index contributed by atoms with van der Waals surface area (Å²) in [6.45, 7) is 9.37. The Morgan fingerprint density at radius 1 is 1.08 bits per heavy atom. The van der Waals surface area contributed by atoms with Crippen LogP contribution >= 0.6 is 0 Å². The summed E-state index contributed by atoms with van der Waals surface area (Å²) in [5.74, 6) is 0.747. The lowest BCUT2D eigenvalue weighted by atomic mass is 10.1. The Morgan fingerprint density at radius 3 is 2.27 bits per heavy atom. The Morgan fingerprint density at radius 2 is 1.73 bits per heavy atom. The molecular weight excluding hydrogens is 350 g/mol. The van der Waals surface area contributed by atoms with E-state index in [1.54, 1.807) is 14.0 Å². The summed E-state index contributed by atoms with van der Waals surface area (Å²) in [6, 6.07) is 10.6. The first-order valence-electron chi connectivity index (χ1n) is 9.18. The van der Waals surface area contributed by atoms with Crippen LogP contribution in [-0.2, 0) is 10.0 Å². The summed E-state index contributed by atoms with van der Waals surface area (Å²) in [5.41, 5.74) is 1.26. The molecule has 0 saturated heterocycles. The van der Waals surface area contributed by atoms with Gasteiger partial charge in [0.1, 0.15) is 0 Å². The van der Waals surface area contributed by atoms with Gasteiger partial charge in [-0.1, -0.05) is 44.2 Å². The molecule has 0 heterocycles. The first-order chi connectivity index (χ1) is 12.5. The van der Waals surface area contributed by atoms with Crippen LogP contribution in [0.1, 0.15) is 32.4 Å². The number of rotatable bonds is 11. The highest BCUT2D eigenvalue weighted by Gasteiger charge is 2.18. The molecular formula is C18H33N5O2S. The van der Waals surface area contributed by atoms with Gasteiger partial charge in [0.05, 0.1) is 11.8 Å². The minimum atomic E-state index is -3.16. The Hall–Kier alpha value is -1.64. The van der Waals surface area contributed by atoms with Gasteiger partial charge in [-0.15, -0.1) is 0 Å². The number of hydrogen-bond donors (Lipinski definition) is 3. The maximum Gasteiger partial charge on any atom is 0.211 e. The number of sulfonamides is 1. The van der Waals surface area contributed by atoms with Gasteiger partial charge < -0.3 is 10.6 Å². The van der Waals surface area contributed by atoms with Gasteiger partial charge in [0, 0.05) is 26.7 Å². The zero-order chi connectivity index (χ0) is 19.4. The number of aliphatic imine (C=N–C) groups is 1. The molecule has 0 aliphatic heterocycles. The number of nitrogens with zero attached hydrogens (tertiary/aromatic N) is 2. The molecule has 0 amide bonds. The predicted octanol–water partition coefficient (Wildman–Crippen LogP) is 1.17. The Balaban J connectivity index is 2.60. The molecule has 7 nitrogen and oxygen atoms in total. The van der Waals surface area contributed by atoms with Crippen LogP contribution in [0.2, 0.25) is 0 Å². The van der Waals surface area contributed by atoms with Crippen LogP contribution in [0.3, 0.4) is 0 Å². The normalized spacial score (nSPS) is 13.7. The van der Waals surface area contributed by atoms with E-state index in [0.717, 1.165) is 13.1 Å². The molecule has 0 aliphatic carbocycles. The number of nitrogens with one attached hydrogen (secondary N) is 3. The van der Waals surface area contributed by atoms with Crippen molar-refractivity contribution in [1.82, 2.24) is 20.3 Å². The van der Waals surface area contributed by atoms with Gasteiger partial charge in [0.15, 0.2) is 5.96 Å². The van der Waals surface area contributed by atoms with E-state index < -0.39 is 10.0 Å². The van der Waals surface area contributed by atoms with Crippen molar-refractivity contribution in [3.63, 3.8) is 0 Å². The van der Waals surface area contributed by atoms with Crippen molar-refractivity contribution in [2.45, 2.75) is 26.8 Å². The van der Waals surface area contributed by atoms with Crippen LogP contribution in [-0.4, -0.2) is 64.8 Å². The van der Waals surface area contributed by atoms with Gasteiger partial charge in [-0.3, -0.25) is 9.89 Å². The van der Waals surface area contributed by atoms with Gasteiger partial charge in [-0.05, 0) is 25.6 Å². The van der Waals surface area contributed by atoms with Gasteiger partial charge in [-0.2, -0.15) is 0 Å². The summed E-state index contributed by atoms with van der Waals surface area (Å²) in [5, 5.41) is 6.49. The molecule has 1 aromatic rings. The third kappa shape index (κ3) is 7.72. The van der Waals surface area contributed by atoms with Crippen molar-refractivity contribution in [3.8, 4) is 0 Å². The van der Waals surface area contributed by atoms with Crippen molar-refractivity contribution in [3.05, 3.63) is 35.9 Å². The van der Waals surface area contributed by atoms with Gasteiger partial charge in [-0.25, -0.2) is 13.1 Å². The molecule has 1 unspecified atom stereocenters. The minimum Gasteiger partial charge on any atom is -0.355 e. The van der Waals surface area contributed by atoms with E-state index in [-0.39, 0.29) is 11.8 Å². The first kappa shape index (κ1) is 22.4. The molecule has 3 N–H and O–H groups in total. The van der Waals surface area contributed by atoms with Crippen LogP contribution < -0.4 is 15.4 Å². The van der Waals surface area contributed by atoms with Crippen LogP contribution in [0.15, 0.2) is 35.3 Å². The third-order valence-corrected chi connectivity index (χ3v) is 5.65. The molecule has 8 heteroatoms. The van der Waals surface area contributed by atoms with Crippen LogP contribution in [0, 0.1) is 0 Å². The highest BCUT2D eigenvalue weighted by atomic mass is 32.2. The second kappa shape index (κ2) is 11.9. The molecule has 148 valence electrons. The van der Waals surface area contributed by atoms with E-state index >= 15 is 0 Å². The number of guanidine groups is 1. The van der Waals surface area contributed by atoms with E-state index in [9.17, 15) is 8.42 Å². The van der Waals surface area contributed by atoms with Crippen molar-refractivity contribution < 1.29 is 8.42 Å². The zero-order valence-electron chi connectivity index (χ0n) is 16.3. The summed E-state index contributed by atoms with van der Waals surface area (Å²) >= 11 is 0. The fraction of sp³-hybridized carbons (Fsp3) is 0.611. The number of likely N-dealkylation sites (N-methyl/N-ethyl adjacent to an activating group) is 1. The molecule has 1 atom stereocenters. The molecule has 0 saturated carbocycles. The molecule has 0 aliphatic rings. The monoisotopic (exact) mass is 383 g/mol. The molecule has 1 aromatic carbocycles. The van der Waals surface area contributed by atoms with Crippen molar-refractivity contribution in [1.29, 1.82) is 0 Å². The fourth-order valence-electron chi connectivity index (χ4n) is 2.70. The molecule has 0 spiro atoms. The van der Waals surface area contributed by atoms with Gasteiger partial charge in [0.25, 0.3) is 0 Å². The lowest BCUT2D eigenvalue weighted by Crippen LogP contribution is -2.45. The van der Waals surface area contributed by atoms with Crippen molar-refractivity contribution in [2.75, 3.05) is 45.5 Å². The Kier molecular flexibility index (Phi) is 10.2. The second-order valence-corrected chi connectivity index (χ2v) is 7.92. The smallest absolute Gasteiger partial charge is 0.211 e. The van der Waals surface area contributed by atoms with Crippen LogP contribution in [0.4, 0.5) is 0 Å². The minimum absolute atomic E-state index is 0.0859. The van der Waals surface area contributed by atoms with Gasteiger partial charge in [0.2, 0.25) is 10.0 Å². The van der Waals surface area contributed by atoms with Crippen molar-refractivity contribution >= 4 is 16.0 Å². The highest BCUT2D eigenvalue weighted by Crippen LogP contribution is 2.19. The molecule has 0 aromatic heterocycles. The third-order valence-electron chi connectivity index (χ3n) is 4.24. The molecule has 1 rings (SSSR count). The molecule has 0 bridgehead atoms. The Labute approximate surface area is 158 Å². The predicted molar refractivity (Wildman–Crippen MR) is 109 cm³/mol. The van der Waals surface area contributed by atoms with E-state index in [4.69, 9.17) is 0 Å². The average Bonchev–Trinajstić information content (AvgIpc) is 2.67. The standard InChI is InChI=1S/C18H33N5O2S/c1-5-23(6-2)17(16-11-9-8-10-12-16)15-21-18(19-4)20-13-14-22-26(24,25)7-3/h8-12,17,22H,5-7,13-15H2,1-4H3,(H2,19,20,21). The maximum absolute atomic E-state index is 11.4. The van der Waals surface area contributed by atoms with E-state index in [1.165, 1.54) is 5.56 Å². The molecule has 26 heavy (non-hydrogen) atoms. The fourth-order valence-corrected chi connectivity index (χ4v) is 3.32. The quantitative estimate of drug-likeness (QED) is 0.303. The van der Waals surface area contributed by atoms with E-state index in [0.29, 0.717) is 25.6 Å². The zero-order valence-corrected chi connectivity index (χ0v) is 17.1. The van der Waals surface area contributed by atoms with E-state index in [2.05, 4.69) is 63.4 Å². The Bertz CT molecular complexity index is 630. The highest BCUT2D eigenvalue weighted by molar-refractivity contribution is 7.89. The number of hydrogen-bond acceptors (Lipinski definition) is 4.